The van der Waals surface area contributed by atoms with E-state index in [0.717, 1.165) is 12.0 Å². The van der Waals surface area contributed by atoms with Crippen molar-refractivity contribution in [2.45, 2.75) is 6.42 Å². The predicted octanol–water partition coefficient (Wildman–Crippen LogP) is 2.12. The summed E-state index contributed by atoms with van der Waals surface area (Å²) in [6.07, 6.45) is 2.56. The summed E-state index contributed by atoms with van der Waals surface area (Å²) < 4.78 is 6.53. The van der Waals surface area contributed by atoms with E-state index in [-0.39, 0.29) is 5.76 Å². The van der Waals surface area contributed by atoms with Crippen molar-refractivity contribution in [2.24, 2.45) is 7.05 Å². The van der Waals surface area contributed by atoms with E-state index < -0.39 is 0 Å². The van der Waals surface area contributed by atoms with E-state index >= 15 is 0 Å². The number of aromatic nitrogens is 2. The Bertz CT molecular complexity index is 741. The minimum atomic E-state index is -0.380. The summed E-state index contributed by atoms with van der Waals surface area (Å²) in [5, 5.41) is 0. The van der Waals surface area contributed by atoms with Gasteiger partial charge in [0.1, 0.15) is 0 Å². The van der Waals surface area contributed by atoms with Crippen molar-refractivity contribution in [3.05, 3.63) is 64.3 Å². The Morgan fingerprint density at radius 3 is 2.78 bits per heavy atom. The molecule has 3 rings (SSSR count). The summed E-state index contributed by atoms with van der Waals surface area (Å²) in [5.41, 5.74) is 3.35. The van der Waals surface area contributed by atoms with Gasteiger partial charge in [-0.05, 0) is 23.6 Å². The van der Waals surface area contributed by atoms with Crippen molar-refractivity contribution < 1.29 is 4.42 Å². The second-order valence-corrected chi connectivity index (χ2v) is 4.25. The normalized spacial score (nSPS) is 10.9. The smallest absolute Gasteiger partial charge is 0.406 e. The molecule has 0 aliphatic rings. The summed E-state index contributed by atoms with van der Waals surface area (Å²) in [5.74, 6) is -0.380. The highest BCUT2D eigenvalue weighted by atomic mass is 16.4. The first-order valence-electron chi connectivity index (χ1n) is 5.72. The molecular formula is C14H12N2O2. The van der Waals surface area contributed by atoms with Crippen molar-refractivity contribution >= 4 is 11.2 Å². The molecule has 4 heteroatoms. The largest absolute Gasteiger partial charge is 0.420 e. The van der Waals surface area contributed by atoms with Crippen molar-refractivity contribution in [2.75, 3.05) is 0 Å². The highest BCUT2D eigenvalue weighted by Gasteiger charge is 2.07. The van der Waals surface area contributed by atoms with Crippen LogP contribution in [-0.4, -0.2) is 9.55 Å². The first-order chi connectivity index (χ1) is 8.74. The van der Waals surface area contributed by atoms with Gasteiger partial charge in [0.2, 0.25) is 0 Å². The molecule has 0 aliphatic carbocycles. The molecule has 0 atom stereocenters. The van der Waals surface area contributed by atoms with Crippen molar-refractivity contribution in [3.8, 4) is 0 Å². The van der Waals surface area contributed by atoms with Crippen LogP contribution in [0.2, 0.25) is 0 Å². The summed E-state index contributed by atoms with van der Waals surface area (Å²) >= 11 is 0. The number of aryl methyl sites for hydroxylation is 1. The lowest BCUT2D eigenvalue weighted by molar-refractivity contribution is 0.528. The number of hydrogen-bond acceptors (Lipinski definition) is 3. The highest BCUT2D eigenvalue weighted by molar-refractivity contribution is 5.68. The third-order valence-corrected chi connectivity index (χ3v) is 2.93. The van der Waals surface area contributed by atoms with Gasteiger partial charge in [-0.25, -0.2) is 9.78 Å². The van der Waals surface area contributed by atoms with Crippen LogP contribution in [0, 0.1) is 0 Å². The number of fused-ring (bicyclic) bond motifs is 1. The molecule has 0 fully saturated rings. The van der Waals surface area contributed by atoms with Crippen LogP contribution in [-0.2, 0) is 13.5 Å². The van der Waals surface area contributed by atoms with Gasteiger partial charge in [0.25, 0.3) is 0 Å². The van der Waals surface area contributed by atoms with Gasteiger partial charge in [0.05, 0.1) is 0 Å². The Kier molecular flexibility index (Phi) is 2.48. The first kappa shape index (κ1) is 10.8. The van der Waals surface area contributed by atoms with Gasteiger partial charge >= 0.3 is 5.76 Å². The standard InChI is InChI=1S/C14H12N2O2/c1-16-13-12(18-14(16)17)8-11(9-15-13)7-10-5-3-2-4-6-10/h2-6,8-9H,7H2,1H3. The van der Waals surface area contributed by atoms with Gasteiger partial charge in [-0.2, -0.15) is 0 Å². The van der Waals surface area contributed by atoms with Crippen molar-refractivity contribution in [3.63, 3.8) is 0 Å². The molecule has 0 unspecified atom stereocenters. The molecule has 0 saturated heterocycles. The SMILES string of the molecule is Cn1c(=O)oc2cc(Cc3ccccc3)cnc21. The third kappa shape index (κ3) is 1.82. The van der Waals surface area contributed by atoms with Gasteiger partial charge in [-0.15, -0.1) is 0 Å². The van der Waals surface area contributed by atoms with Gasteiger partial charge in [0, 0.05) is 13.2 Å². The maximum Gasteiger partial charge on any atom is 0.420 e. The second-order valence-electron chi connectivity index (χ2n) is 4.25. The van der Waals surface area contributed by atoms with Crippen LogP contribution in [0.5, 0.6) is 0 Å². The zero-order valence-corrected chi connectivity index (χ0v) is 9.96. The van der Waals surface area contributed by atoms with E-state index in [1.807, 2.05) is 24.3 Å². The van der Waals surface area contributed by atoms with Crippen LogP contribution in [0.4, 0.5) is 0 Å². The summed E-state index contributed by atoms with van der Waals surface area (Å²) in [4.78, 5) is 15.6. The van der Waals surface area contributed by atoms with E-state index in [0.29, 0.717) is 11.2 Å². The minimum absolute atomic E-state index is 0.380. The summed E-state index contributed by atoms with van der Waals surface area (Å²) in [7, 11) is 1.65. The van der Waals surface area contributed by atoms with E-state index in [9.17, 15) is 4.79 Å². The molecule has 0 radical (unpaired) electrons. The Labute approximate surface area is 104 Å². The van der Waals surface area contributed by atoms with E-state index in [2.05, 4.69) is 17.1 Å². The second kappa shape index (κ2) is 4.14. The molecule has 2 heterocycles. The van der Waals surface area contributed by atoms with Gasteiger partial charge in [0.15, 0.2) is 11.2 Å². The minimum Gasteiger partial charge on any atom is -0.406 e. The number of oxazole rings is 1. The Morgan fingerprint density at radius 1 is 1.22 bits per heavy atom. The molecule has 4 nitrogen and oxygen atoms in total. The molecule has 0 saturated carbocycles. The molecule has 90 valence electrons. The Hall–Kier alpha value is -2.36. The zero-order chi connectivity index (χ0) is 12.5. The fraction of sp³-hybridized carbons (Fsp3) is 0.143. The van der Waals surface area contributed by atoms with Crippen LogP contribution in [0.25, 0.3) is 11.2 Å². The highest BCUT2D eigenvalue weighted by Crippen LogP contribution is 2.14. The lowest BCUT2D eigenvalue weighted by atomic mass is 10.1. The molecular weight excluding hydrogens is 228 g/mol. The van der Waals surface area contributed by atoms with Gasteiger partial charge < -0.3 is 4.42 Å². The van der Waals surface area contributed by atoms with Crippen LogP contribution >= 0.6 is 0 Å². The van der Waals surface area contributed by atoms with Gasteiger partial charge in [-0.1, -0.05) is 30.3 Å². The number of rotatable bonds is 2. The van der Waals surface area contributed by atoms with Crippen LogP contribution < -0.4 is 5.76 Å². The average Bonchev–Trinajstić information content (AvgIpc) is 2.66. The maximum atomic E-state index is 11.4. The van der Waals surface area contributed by atoms with Crippen molar-refractivity contribution in [1.29, 1.82) is 0 Å². The van der Waals surface area contributed by atoms with E-state index in [1.54, 1.807) is 13.2 Å². The fourth-order valence-corrected chi connectivity index (χ4v) is 1.98. The number of pyridine rings is 1. The Morgan fingerprint density at radius 2 is 2.00 bits per heavy atom. The van der Waals surface area contributed by atoms with Gasteiger partial charge in [-0.3, -0.25) is 4.57 Å². The maximum absolute atomic E-state index is 11.4. The molecule has 0 amide bonds. The quantitative estimate of drug-likeness (QED) is 0.689. The predicted molar refractivity (Wildman–Crippen MR) is 68.5 cm³/mol. The number of hydrogen-bond donors (Lipinski definition) is 0. The average molecular weight is 240 g/mol. The van der Waals surface area contributed by atoms with Crippen LogP contribution in [0.1, 0.15) is 11.1 Å². The van der Waals surface area contributed by atoms with Crippen molar-refractivity contribution in [1.82, 2.24) is 9.55 Å². The van der Waals surface area contributed by atoms with E-state index in [1.165, 1.54) is 10.1 Å². The molecule has 0 spiro atoms. The molecule has 1 aromatic carbocycles. The summed E-state index contributed by atoms with van der Waals surface area (Å²) in [6, 6.07) is 12.0. The number of benzene rings is 1. The lowest BCUT2D eigenvalue weighted by Gasteiger charge is -2.00. The zero-order valence-electron chi connectivity index (χ0n) is 9.96. The molecule has 0 N–H and O–H groups in total. The van der Waals surface area contributed by atoms with E-state index in [4.69, 9.17) is 4.42 Å². The number of nitrogens with zero attached hydrogens (tertiary/aromatic N) is 2. The summed E-state index contributed by atoms with van der Waals surface area (Å²) in [6.45, 7) is 0. The first-order valence-corrected chi connectivity index (χ1v) is 5.72. The lowest BCUT2D eigenvalue weighted by Crippen LogP contribution is -2.08. The molecule has 2 aromatic heterocycles. The molecule has 0 bridgehead atoms. The molecule has 3 aromatic rings. The molecule has 18 heavy (non-hydrogen) atoms. The van der Waals surface area contributed by atoms with Crippen LogP contribution in [0.15, 0.2) is 51.8 Å². The van der Waals surface area contributed by atoms with Crippen LogP contribution in [0.3, 0.4) is 0 Å². The Balaban J connectivity index is 2.01. The topological polar surface area (TPSA) is 48.0 Å². The monoisotopic (exact) mass is 240 g/mol. The molecule has 0 aliphatic heterocycles. The third-order valence-electron chi connectivity index (χ3n) is 2.93. The fourth-order valence-electron chi connectivity index (χ4n) is 1.98.